The fourth-order valence-electron chi connectivity index (χ4n) is 6.22. The monoisotopic (exact) mass is 583 g/mol. The Hall–Kier alpha value is -3.11. The molecule has 2 N–H and O–H groups in total. The van der Waals surface area contributed by atoms with Crippen molar-refractivity contribution in [3.63, 3.8) is 0 Å². The molecule has 1 fully saturated rings. The van der Waals surface area contributed by atoms with Crippen LogP contribution in [0.25, 0.3) is 11.1 Å². The molecule has 7 nitrogen and oxygen atoms in total. The molecule has 2 aromatic carbocycles. The highest BCUT2D eigenvalue weighted by Gasteiger charge is 2.44. The minimum absolute atomic E-state index is 0.117. The summed E-state index contributed by atoms with van der Waals surface area (Å²) in [7, 11) is 0. The van der Waals surface area contributed by atoms with Crippen LogP contribution in [0.2, 0.25) is 0 Å². The van der Waals surface area contributed by atoms with E-state index in [4.69, 9.17) is 19.2 Å². The second-order valence-electron chi connectivity index (χ2n) is 12.0. The Morgan fingerprint density at radius 3 is 2.40 bits per heavy atom. The highest BCUT2D eigenvalue weighted by atomic mass is 19.1. The third-order valence-corrected chi connectivity index (χ3v) is 8.72. The second-order valence-corrected chi connectivity index (χ2v) is 12.0. The van der Waals surface area contributed by atoms with Gasteiger partial charge in [-0.05, 0) is 99.2 Å². The minimum Gasteiger partial charge on any atom is -0.493 e. The average Bonchev–Trinajstić information content (AvgIpc) is 3.18. The third kappa shape index (κ3) is 5.88. The van der Waals surface area contributed by atoms with E-state index in [0.29, 0.717) is 43.2 Å². The van der Waals surface area contributed by atoms with Crippen molar-refractivity contribution in [3.05, 3.63) is 76.0 Å². The first-order valence-corrected chi connectivity index (χ1v) is 14.4. The van der Waals surface area contributed by atoms with Crippen LogP contribution in [0, 0.1) is 37.3 Å². The largest absolute Gasteiger partial charge is 0.493 e. The molecule has 0 radical (unpaired) electrons. The number of benzene rings is 2. The summed E-state index contributed by atoms with van der Waals surface area (Å²) in [6.07, 6.45) is 3.46. The van der Waals surface area contributed by atoms with Gasteiger partial charge in [0, 0.05) is 35.0 Å². The number of aliphatic hydroxyl groups is 2. The van der Waals surface area contributed by atoms with Crippen LogP contribution >= 0.6 is 0 Å². The number of hydrogen-bond donors (Lipinski definition) is 2. The van der Waals surface area contributed by atoms with Gasteiger partial charge in [0.25, 0.3) is 0 Å². The van der Waals surface area contributed by atoms with Crippen molar-refractivity contribution in [2.75, 3.05) is 19.8 Å². The summed E-state index contributed by atoms with van der Waals surface area (Å²) in [5.41, 5.74) is 3.08. The maximum absolute atomic E-state index is 15.1. The molecule has 0 saturated heterocycles. The Morgan fingerprint density at radius 1 is 1.02 bits per heavy atom. The number of hydrogen-bond acceptors (Lipinski definition) is 7. The van der Waals surface area contributed by atoms with E-state index in [0.717, 1.165) is 34.7 Å². The van der Waals surface area contributed by atoms with Crippen LogP contribution in [-0.2, 0) is 28.4 Å². The van der Waals surface area contributed by atoms with E-state index in [1.807, 2.05) is 45.9 Å². The van der Waals surface area contributed by atoms with Crippen molar-refractivity contribution in [1.82, 2.24) is 4.98 Å². The van der Waals surface area contributed by atoms with Gasteiger partial charge in [-0.3, -0.25) is 0 Å². The van der Waals surface area contributed by atoms with Crippen molar-refractivity contribution in [3.8, 4) is 22.8 Å². The number of ether oxygens (including phenoxy) is 2. The van der Waals surface area contributed by atoms with Gasteiger partial charge in [-0.15, -0.1) is 0 Å². The van der Waals surface area contributed by atoms with Gasteiger partial charge in [-0.1, -0.05) is 6.92 Å². The van der Waals surface area contributed by atoms with Crippen LogP contribution in [0.1, 0.15) is 61.4 Å². The number of rotatable bonds is 11. The van der Waals surface area contributed by atoms with E-state index in [2.05, 4.69) is 11.9 Å². The van der Waals surface area contributed by atoms with Gasteiger partial charge in [-0.25, -0.2) is 23.5 Å². The predicted molar refractivity (Wildman–Crippen MR) is 153 cm³/mol. The second kappa shape index (κ2) is 11.9. The van der Waals surface area contributed by atoms with Crippen LogP contribution in [0.4, 0.5) is 8.78 Å². The lowest BCUT2D eigenvalue weighted by Gasteiger charge is -2.42. The third-order valence-electron chi connectivity index (χ3n) is 8.72. The van der Waals surface area contributed by atoms with Gasteiger partial charge in [0.2, 0.25) is 5.88 Å². The molecule has 42 heavy (non-hydrogen) atoms. The summed E-state index contributed by atoms with van der Waals surface area (Å²) in [5.74, 6) is -0.0324. The molecule has 0 amide bonds. The maximum Gasteiger partial charge on any atom is 0.213 e. The first-order chi connectivity index (χ1) is 20.0. The van der Waals surface area contributed by atoms with E-state index in [-0.39, 0.29) is 36.2 Å². The zero-order valence-electron chi connectivity index (χ0n) is 24.8. The zero-order valence-corrected chi connectivity index (χ0v) is 24.8. The van der Waals surface area contributed by atoms with Gasteiger partial charge in [0.1, 0.15) is 29.6 Å². The Kier molecular flexibility index (Phi) is 8.58. The molecule has 2 aliphatic carbocycles. The van der Waals surface area contributed by atoms with Gasteiger partial charge >= 0.3 is 0 Å². The van der Waals surface area contributed by atoms with Crippen LogP contribution in [0.15, 0.2) is 36.5 Å². The zero-order chi connectivity index (χ0) is 30.2. The van der Waals surface area contributed by atoms with E-state index in [9.17, 15) is 14.6 Å². The minimum atomic E-state index is -1.000. The van der Waals surface area contributed by atoms with Crippen molar-refractivity contribution < 1.29 is 38.2 Å². The summed E-state index contributed by atoms with van der Waals surface area (Å²) in [6.45, 7) is 10.1. The molecule has 2 aliphatic rings. The lowest BCUT2D eigenvalue weighted by molar-refractivity contribution is -0.369. The summed E-state index contributed by atoms with van der Waals surface area (Å²) in [6, 6.07) is 7.89. The van der Waals surface area contributed by atoms with Gasteiger partial charge in [-0.2, -0.15) is 0 Å². The number of aryl methyl sites for hydroxylation is 2. The highest BCUT2D eigenvalue weighted by molar-refractivity contribution is 5.73. The lowest BCUT2D eigenvalue weighted by Crippen LogP contribution is -2.48. The molecular formula is C33H39F2NO6. The fraction of sp³-hybridized carbons (Fsp3) is 0.485. The Morgan fingerprint density at radius 2 is 1.74 bits per heavy atom. The smallest absolute Gasteiger partial charge is 0.213 e. The predicted octanol–water partition coefficient (Wildman–Crippen LogP) is 6.11. The van der Waals surface area contributed by atoms with Crippen LogP contribution in [-0.4, -0.2) is 40.6 Å². The normalized spacial score (nSPS) is 24.8. The molecule has 2 atom stereocenters. The van der Waals surface area contributed by atoms with E-state index < -0.39 is 22.8 Å². The van der Waals surface area contributed by atoms with Crippen LogP contribution < -0.4 is 9.47 Å². The molecule has 1 heterocycles. The molecule has 3 aromatic rings. The first kappa shape index (κ1) is 30.4. The Balaban J connectivity index is 1.30. The van der Waals surface area contributed by atoms with Crippen LogP contribution in [0.5, 0.6) is 11.6 Å². The SMILES string of the molecule is CCOOC1(C)c2cnc(OCc3cc(-c4c(C)cc(OCC5CC(O)(CO)C5)cc4C)c(F)cc3F)cc2CC1C. The molecule has 0 bridgehead atoms. The topological polar surface area (TPSA) is 90.3 Å². The number of aromatic nitrogens is 1. The quantitative estimate of drug-likeness (QED) is 0.208. The van der Waals surface area contributed by atoms with Crippen molar-refractivity contribution in [2.24, 2.45) is 11.8 Å². The first-order valence-electron chi connectivity index (χ1n) is 14.4. The van der Waals surface area contributed by atoms with Crippen molar-refractivity contribution in [2.45, 2.75) is 71.7 Å². The molecule has 1 aromatic heterocycles. The summed E-state index contributed by atoms with van der Waals surface area (Å²) < 4.78 is 41.8. The number of halogens is 2. The average molecular weight is 584 g/mol. The van der Waals surface area contributed by atoms with Crippen molar-refractivity contribution >= 4 is 0 Å². The molecule has 1 saturated carbocycles. The molecular weight excluding hydrogens is 544 g/mol. The van der Waals surface area contributed by atoms with E-state index in [1.54, 1.807) is 6.20 Å². The summed E-state index contributed by atoms with van der Waals surface area (Å²) >= 11 is 0. The molecule has 5 rings (SSSR count). The molecule has 9 heteroatoms. The molecule has 2 unspecified atom stereocenters. The molecule has 0 aliphatic heterocycles. The number of nitrogens with zero attached hydrogens (tertiary/aromatic N) is 1. The van der Waals surface area contributed by atoms with Gasteiger partial charge in [0.05, 0.1) is 25.4 Å². The lowest BCUT2D eigenvalue weighted by atomic mass is 9.72. The number of fused-ring (bicyclic) bond motifs is 1. The maximum atomic E-state index is 15.1. The van der Waals surface area contributed by atoms with E-state index in [1.165, 1.54) is 6.07 Å². The van der Waals surface area contributed by atoms with E-state index >= 15 is 4.39 Å². The Labute approximate surface area is 245 Å². The van der Waals surface area contributed by atoms with Gasteiger partial charge < -0.3 is 19.7 Å². The fourth-order valence-corrected chi connectivity index (χ4v) is 6.22. The summed E-state index contributed by atoms with van der Waals surface area (Å²) in [4.78, 5) is 15.4. The van der Waals surface area contributed by atoms with Crippen molar-refractivity contribution in [1.29, 1.82) is 0 Å². The standard InChI is InChI=1S/C33H39F2NO6/c1-6-41-42-32(5)21(4)9-23-11-30(36-15-27(23)32)40-17-24-10-26(29(35)12-28(24)34)31-19(2)7-25(8-20(31)3)39-16-22-13-33(38,14-22)18-37/h7-8,10-12,15,21-22,37-38H,6,9,13-14,16-18H2,1-5H3. The molecule has 226 valence electrons. The number of pyridine rings is 1. The highest BCUT2D eigenvalue weighted by Crippen LogP contribution is 2.45. The number of aliphatic hydroxyl groups excluding tert-OH is 1. The van der Waals surface area contributed by atoms with Crippen LogP contribution in [0.3, 0.4) is 0 Å². The molecule has 0 spiro atoms. The Bertz CT molecular complexity index is 1430. The summed E-state index contributed by atoms with van der Waals surface area (Å²) in [5, 5.41) is 19.2. The van der Waals surface area contributed by atoms with Gasteiger partial charge in [0.15, 0.2) is 0 Å².